The van der Waals surface area contributed by atoms with Crippen molar-refractivity contribution in [2.24, 2.45) is 0 Å². The van der Waals surface area contributed by atoms with Crippen LogP contribution in [0, 0.1) is 0 Å². The number of esters is 1. The molecule has 3 nitrogen and oxygen atoms in total. The highest BCUT2D eigenvalue weighted by atomic mass is 16.5. The zero-order valence-electron chi connectivity index (χ0n) is 9.74. The predicted octanol–water partition coefficient (Wildman–Crippen LogP) is 2.40. The Kier molecular flexibility index (Phi) is 5.75. The molecule has 0 aliphatic carbocycles. The molecule has 1 unspecified atom stereocenters. The fourth-order valence-electron chi connectivity index (χ4n) is 1.23. The fourth-order valence-corrected chi connectivity index (χ4v) is 1.23. The maximum Gasteiger partial charge on any atom is 0.330 e. The topological polar surface area (TPSA) is 46.5 Å². The summed E-state index contributed by atoms with van der Waals surface area (Å²) in [6, 6.07) is 9.09. The summed E-state index contributed by atoms with van der Waals surface area (Å²) in [6.07, 6.45) is 5.67. The third kappa shape index (κ3) is 5.13. The van der Waals surface area contributed by atoms with Crippen LogP contribution in [0.1, 0.15) is 18.6 Å². The molecule has 17 heavy (non-hydrogen) atoms. The minimum atomic E-state index is -0.782. The van der Waals surface area contributed by atoms with Crippen molar-refractivity contribution in [2.45, 2.75) is 13.0 Å². The van der Waals surface area contributed by atoms with Gasteiger partial charge in [-0.3, -0.25) is 0 Å². The van der Waals surface area contributed by atoms with Crippen molar-refractivity contribution in [3.63, 3.8) is 0 Å². The van der Waals surface area contributed by atoms with E-state index in [1.165, 1.54) is 6.08 Å². The number of aliphatic hydroxyl groups is 1. The van der Waals surface area contributed by atoms with Gasteiger partial charge in [0.25, 0.3) is 0 Å². The first kappa shape index (κ1) is 13.2. The normalized spacial score (nSPS) is 13.1. The summed E-state index contributed by atoms with van der Waals surface area (Å²) in [4.78, 5) is 11.2. The van der Waals surface area contributed by atoms with Crippen molar-refractivity contribution < 1.29 is 14.6 Å². The Morgan fingerprint density at radius 3 is 2.71 bits per heavy atom. The van der Waals surface area contributed by atoms with E-state index in [4.69, 9.17) is 4.74 Å². The Labute approximate surface area is 101 Å². The lowest BCUT2D eigenvalue weighted by Crippen LogP contribution is -2.10. The van der Waals surface area contributed by atoms with Crippen LogP contribution in [0.2, 0.25) is 0 Å². The summed E-state index contributed by atoms with van der Waals surface area (Å²) < 4.78 is 4.90. The Balaban J connectivity index is 2.38. The molecule has 0 radical (unpaired) electrons. The first-order chi connectivity index (χ1) is 8.24. The molecule has 0 spiro atoms. The predicted molar refractivity (Wildman–Crippen MR) is 66.3 cm³/mol. The number of carbonyl (C=O) groups excluding carboxylic acids is 1. The van der Waals surface area contributed by atoms with Crippen molar-refractivity contribution in [3.05, 3.63) is 60.2 Å². The summed E-state index contributed by atoms with van der Waals surface area (Å²) in [5, 5.41) is 9.73. The summed E-state index contributed by atoms with van der Waals surface area (Å²) in [5.74, 6) is -0.460. The summed E-state index contributed by atoms with van der Waals surface area (Å²) in [5.41, 5.74) is 0.734. The Hall–Kier alpha value is -1.87. The van der Waals surface area contributed by atoms with Gasteiger partial charge in [-0.2, -0.15) is 0 Å². The SMILES string of the molecule is CC=CC=CC(=O)OCC(O)c1ccccc1. The van der Waals surface area contributed by atoms with E-state index in [0.717, 1.165) is 5.56 Å². The average molecular weight is 232 g/mol. The molecule has 0 saturated heterocycles. The maximum atomic E-state index is 11.2. The largest absolute Gasteiger partial charge is 0.459 e. The third-order valence-electron chi connectivity index (χ3n) is 2.10. The van der Waals surface area contributed by atoms with Crippen molar-refractivity contribution >= 4 is 5.97 Å². The van der Waals surface area contributed by atoms with Gasteiger partial charge in [-0.1, -0.05) is 48.6 Å². The number of hydrogen-bond donors (Lipinski definition) is 1. The molecule has 0 bridgehead atoms. The number of aliphatic hydroxyl groups excluding tert-OH is 1. The van der Waals surface area contributed by atoms with E-state index in [0.29, 0.717) is 0 Å². The van der Waals surface area contributed by atoms with Crippen molar-refractivity contribution in [1.82, 2.24) is 0 Å². The molecule has 0 fully saturated rings. The highest BCUT2D eigenvalue weighted by Gasteiger charge is 2.08. The lowest BCUT2D eigenvalue weighted by Gasteiger charge is -2.10. The van der Waals surface area contributed by atoms with E-state index in [1.54, 1.807) is 24.3 Å². The van der Waals surface area contributed by atoms with Gasteiger partial charge in [0.1, 0.15) is 12.7 Å². The van der Waals surface area contributed by atoms with Crippen LogP contribution in [0.25, 0.3) is 0 Å². The lowest BCUT2D eigenvalue weighted by molar-refractivity contribution is -0.140. The summed E-state index contributed by atoms with van der Waals surface area (Å²) in [6.45, 7) is 1.82. The molecular formula is C14H16O3. The molecule has 1 atom stereocenters. The van der Waals surface area contributed by atoms with Crippen LogP contribution in [-0.2, 0) is 9.53 Å². The number of carbonyl (C=O) groups is 1. The first-order valence-electron chi connectivity index (χ1n) is 5.43. The number of benzene rings is 1. The molecule has 1 aromatic carbocycles. The molecule has 0 saturated carbocycles. The summed E-state index contributed by atoms with van der Waals surface area (Å²) >= 11 is 0. The minimum Gasteiger partial charge on any atom is -0.459 e. The minimum absolute atomic E-state index is 0.0387. The Morgan fingerprint density at radius 1 is 1.35 bits per heavy atom. The van der Waals surface area contributed by atoms with Crippen LogP contribution in [0.4, 0.5) is 0 Å². The number of hydrogen-bond acceptors (Lipinski definition) is 3. The van der Waals surface area contributed by atoms with Gasteiger partial charge in [0.15, 0.2) is 0 Å². The van der Waals surface area contributed by atoms with E-state index in [1.807, 2.05) is 31.2 Å². The number of rotatable bonds is 5. The zero-order valence-corrected chi connectivity index (χ0v) is 9.74. The van der Waals surface area contributed by atoms with Gasteiger partial charge in [-0.25, -0.2) is 4.79 Å². The fraction of sp³-hybridized carbons (Fsp3) is 0.214. The monoisotopic (exact) mass is 232 g/mol. The second-order valence-electron chi connectivity index (χ2n) is 3.44. The summed E-state index contributed by atoms with van der Waals surface area (Å²) in [7, 11) is 0. The average Bonchev–Trinajstić information content (AvgIpc) is 2.37. The third-order valence-corrected chi connectivity index (χ3v) is 2.10. The van der Waals surface area contributed by atoms with Gasteiger partial charge in [0.2, 0.25) is 0 Å². The van der Waals surface area contributed by atoms with Crippen molar-refractivity contribution in [2.75, 3.05) is 6.61 Å². The molecule has 90 valence electrons. The molecule has 0 amide bonds. The van der Waals surface area contributed by atoms with E-state index in [9.17, 15) is 9.90 Å². The quantitative estimate of drug-likeness (QED) is 0.481. The molecule has 1 aromatic rings. The van der Waals surface area contributed by atoms with Gasteiger partial charge < -0.3 is 9.84 Å². The molecule has 3 heteroatoms. The Bertz CT molecular complexity index is 393. The van der Waals surface area contributed by atoms with Crippen LogP contribution in [-0.4, -0.2) is 17.7 Å². The van der Waals surface area contributed by atoms with Gasteiger partial charge >= 0.3 is 5.97 Å². The number of allylic oxidation sites excluding steroid dienone is 3. The molecule has 0 heterocycles. The molecule has 0 aliphatic heterocycles. The Morgan fingerprint density at radius 2 is 2.06 bits per heavy atom. The van der Waals surface area contributed by atoms with Gasteiger partial charge in [0, 0.05) is 6.08 Å². The van der Waals surface area contributed by atoms with Crippen LogP contribution < -0.4 is 0 Å². The van der Waals surface area contributed by atoms with Crippen LogP contribution in [0.15, 0.2) is 54.6 Å². The number of ether oxygens (including phenoxy) is 1. The molecule has 1 rings (SSSR count). The van der Waals surface area contributed by atoms with Crippen LogP contribution in [0.3, 0.4) is 0 Å². The van der Waals surface area contributed by atoms with E-state index < -0.39 is 12.1 Å². The van der Waals surface area contributed by atoms with Crippen molar-refractivity contribution in [1.29, 1.82) is 0 Å². The molecule has 0 aromatic heterocycles. The van der Waals surface area contributed by atoms with Gasteiger partial charge in [-0.05, 0) is 12.5 Å². The van der Waals surface area contributed by atoms with Crippen LogP contribution in [0.5, 0.6) is 0 Å². The highest BCUT2D eigenvalue weighted by Crippen LogP contribution is 2.11. The van der Waals surface area contributed by atoms with Crippen molar-refractivity contribution in [3.8, 4) is 0 Å². The molecule has 1 N–H and O–H groups in total. The molecule has 0 aliphatic rings. The maximum absolute atomic E-state index is 11.2. The van der Waals surface area contributed by atoms with Gasteiger partial charge in [-0.15, -0.1) is 0 Å². The highest BCUT2D eigenvalue weighted by molar-refractivity contribution is 5.82. The van der Waals surface area contributed by atoms with Crippen LogP contribution >= 0.6 is 0 Å². The van der Waals surface area contributed by atoms with E-state index in [2.05, 4.69) is 0 Å². The lowest BCUT2D eigenvalue weighted by atomic mass is 10.1. The first-order valence-corrected chi connectivity index (χ1v) is 5.43. The van der Waals surface area contributed by atoms with Gasteiger partial charge in [0.05, 0.1) is 0 Å². The second kappa shape index (κ2) is 7.41. The molecular weight excluding hydrogens is 216 g/mol. The second-order valence-corrected chi connectivity index (χ2v) is 3.44. The zero-order chi connectivity index (χ0) is 12.5. The van der Waals surface area contributed by atoms with E-state index >= 15 is 0 Å². The van der Waals surface area contributed by atoms with E-state index in [-0.39, 0.29) is 6.61 Å². The smallest absolute Gasteiger partial charge is 0.330 e. The standard InChI is InChI=1S/C14H16O3/c1-2-3-5-10-14(16)17-11-13(15)12-8-6-4-7-9-12/h2-10,13,15H,11H2,1H3.